The van der Waals surface area contributed by atoms with Crippen LogP contribution in [-0.2, 0) is 6.42 Å². The lowest BCUT2D eigenvalue weighted by Gasteiger charge is -2.02. The maximum Gasteiger partial charge on any atom is 0.118 e. The van der Waals surface area contributed by atoms with Gasteiger partial charge < -0.3 is 4.74 Å². The monoisotopic (exact) mass is 200 g/mol. The van der Waals surface area contributed by atoms with Crippen LogP contribution < -0.4 is 4.74 Å². The van der Waals surface area contributed by atoms with Crippen molar-refractivity contribution in [1.29, 1.82) is 0 Å². The summed E-state index contributed by atoms with van der Waals surface area (Å²) in [6.45, 7) is 0. The van der Waals surface area contributed by atoms with Crippen molar-refractivity contribution in [3.63, 3.8) is 0 Å². The fraction of sp³-hybridized carbons (Fsp3) is 0.167. The smallest absolute Gasteiger partial charge is 0.118 e. The third-order valence-electron chi connectivity index (χ3n) is 2.18. The van der Waals surface area contributed by atoms with Crippen molar-refractivity contribution in [2.45, 2.75) is 6.42 Å². The summed E-state index contributed by atoms with van der Waals surface area (Å²) < 4.78 is 5.09. The van der Waals surface area contributed by atoms with Gasteiger partial charge in [-0.25, -0.2) is 9.97 Å². The van der Waals surface area contributed by atoms with E-state index in [0.29, 0.717) is 0 Å². The Morgan fingerprint density at radius 1 is 1.00 bits per heavy atom. The highest BCUT2D eigenvalue weighted by Gasteiger charge is 1.97. The Labute approximate surface area is 88.8 Å². The van der Waals surface area contributed by atoms with Crippen molar-refractivity contribution >= 4 is 0 Å². The standard InChI is InChI=1S/C12H12N2O/c1-15-12-4-2-10(3-5-12)6-11-7-13-9-14-8-11/h2-5,7-9H,6H2,1H3. The highest BCUT2D eigenvalue weighted by molar-refractivity contribution is 5.29. The first-order valence-corrected chi connectivity index (χ1v) is 4.75. The van der Waals surface area contributed by atoms with E-state index >= 15 is 0 Å². The molecule has 76 valence electrons. The van der Waals surface area contributed by atoms with E-state index in [9.17, 15) is 0 Å². The van der Waals surface area contributed by atoms with Crippen LogP contribution in [0.4, 0.5) is 0 Å². The molecule has 0 N–H and O–H groups in total. The van der Waals surface area contributed by atoms with Gasteiger partial charge in [0.1, 0.15) is 12.1 Å². The first kappa shape index (κ1) is 9.65. The lowest BCUT2D eigenvalue weighted by molar-refractivity contribution is 0.414. The zero-order valence-electron chi connectivity index (χ0n) is 8.55. The Bertz CT molecular complexity index is 411. The van der Waals surface area contributed by atoms with Gasteiger partial charge in [-0.05, 0) is 23.3 Å². The number of methoxy groups -OCH3 is 1. The van der Waals surface area contributed by atoms with Crippen LogP contribution in [0.1, 0.15) is 11.1 Å². The van der Waals surface area contributed by atoms with Gasteiger partial charge in [-0.3, -0.25) is 0 Å². The Balaban J connectivity index is 2.11. The van der Waals surface area contributed by atoms with E-state index < -0.39 is 0 Å². The van der Waals surface area contributed by atoms with Gasteiger partial charge in [0.25, 0.3) is 0 Å². The molecule has 1 aromatic heterocycles. The van der Waals surface area contributed by atoms with Crippen LogP contribution in [0, 0.1) is 0 Å². The van der Waals surface area contributed by atoms with E-state index in [1.54, 1.807) is 7.11 Å². The summed E-state index contributed by atoms with van der Waals surface area (Å²) in [4.78, 5) is 7.96. The molecule has 0 aliphatic heterocycles. The summed E-state index contributed by atoms with van der Waals surface area (Å²) in [6.07, 6.45) is 6.05. The molecule has 0 amide bonds. The van der Waals surface area contributed by atoms with Crippen molar-refractivity contribution in [3.8, 4) is 5.75 Å². The first-order chi connectivity index (χ1) is 7.38. The summed E-state index contributed by atoms with van der Waals surface area (Å²) in [5, 5.41) is 0. The fourth-order valence-corrected chi connectivity index (χ4v) is 1.40. The summed E-state index contributed by atoms with van der Waals surface area (Å²) in [6, 6.07) is 8.01. The third-order valence-corrected chi connectivity index (χ3v) is 2.18. The number of hydrogen-bond donors (Lipinski definition) is 0. The minimum Gasteiger partial charge on any atom is -0.497 e. The predicted molar refractivity (Wildman–Crippen MR) is 57.8 cm³/mol. The van der Waals surface area contributed by atoms with Gasteiger partial charge in [0, 0.05) is 18.8 Å². The molecule has 0 atom stereocenters. The Morgan fingerprint density at radius 3 is 2.27 bits per heavy atom. The van der Waals surface area contributed by atoms with Crippen LogP contribution >= 0.6 is 0 Å². The quantitative estimate of drug-likeness (QED) is 0.760. The molecule has 1 heterocycles. The molecule has 0 spiro atoms. The topological polar surface area (TPSA) is 35.0 Å². The van der Waals surface area contributed by atoms with Crippen LogP contribution in [0.5, 0.6) is 5.75 Å². The number of hydrogen-bond acceptors (Lipinski definition) is 3. The molecular weight excluding hydrogens is 188 g/mol. The molecule has 2 rings (SSSR count). The second kappa shape index (κ2) is 4.55. The zero-order chi connectivity index (χ0) is 10.5. The Kier molecular flexibility index (Phi) is 2.93. The zero-order valence-corrected chi connectivity index (χ0v) is 8.55. The van der Waals surface area contributed by atoms with Crippen LogP contribution in [-0.4, -0.2) is 17.1 Å². The number of ether oxygens (including phenoxy) is 1. The summed E-state index contributed by atoms with van der Waals surface area (Å²) >= 11 is 0. The first-order valence-electron chi connectivity index (χ1n) is 4.75. The van der Waals surface area contributed by atoms with E-state index in [-0.39, 0.29) is 0 Å². The van der Waals surface area contributed by atoms with Gasteiger partial charge in [0.2, 0.25) is 0 Å². The van der Waals surface area contributed by atoms with Crippen molar-refractivity contribution in [1.82, 2.24) is 9.97 Å². The molecule has 0 saturated carbocycles. The molecular formula is C12H12N2O. The maximum absolute atomic E-state index is 5.09. The van der Waals surface area contributed by atoms with Crippen LogP contribution in [0.25, 0.3) is 0 Å². The normalized spacial score (nSPS) is 9.93. The molecule has 0 bridgehead atoms. The molecule has 0 unspecified atom stereocenters. The largest absolute Gasteiger partial charge is 0.497 e. The minimum atomic E-state index is 0.852. The lowest BCUT2D eigenvalue weighted by atomic mass is 10.1. The molecule has 0 fully saturated rings. The molecule has 0 saturated heterocycles. The molecule has 0 aliphatic rings. The summed E-state index contributed by atoms with van der Waals surface area (Å²) in [5.74, 6) is 0.878. The summed E-state index contributed by atoms with van der Waals surface area (Å²) in [7, 11) is 1.67. The summed E-state index contributed by atoms with van der Waals surface area (Å²) in [5.41, 5.74) is 2.34. The van der Waals surface area contributed by atoms with E-state index in [1.165, 1.54) is 11.9 Å². The second-order valence-corrected chi connectivity index (χ2v) is 3.27. The highest BCUT2D eigenvalue weighted by atomic mass is 16.5. The molecule has 15 heavy (non-hydrogen) atoms. The number of aromatic nitrogens is 2. The average molecular weight is 200 g/mol. The Morgan fingerprint density at radius 2 is 1.67 bits per heavy atom. The van der Waals surface area contributed by atoms with Gasteiger partial charge >= 0.3 is 0 Å². The number of benzene rings is 1. The number of nitrogens with zero attached hydrogens (tertiary/aromatic N) is 2. The van der Waals surface area contributed by atoms with Gasteiger partial charge in [0.15, 0.2) is 0 Å². The van der Waals surface area contributed by atoms with E-state index in [0.717, 1.165) is 17.7 Å². The van der Waals surface area contributed by atoms with Gasteiger partial charge in [-0.2, -0.15) is 0 Å². The van der Waals surface area contributed by atoms with Crippen molar-refractivity contribution in [2.24, 2.45) is 0 Å². The van der Waals surface area contributed by atoms with Crippen molar-refractivity contribution in [2.75, 3.05) is 7.11 Å². The predicted octanol–water partition coefficient (Wildman–Crippen LogP) is 2.08. The van der Waals surface area contributed by atoms with Crippen LogP contribution in [0.3, 0.4) is 0 Å². The second-order valence-electron chi connectivity index (χ2n) is 3.27. The SMILES string of the molecule is COc1ccc(Cc2cncnc2)cc1. The van der Waals surface area contributed by atoms with Gasteiger partial charge in [-0.15, -0.1) is 0 Å². The van der Waals surface area contributed by atoms with Crippen molar-refractivity contribution in [3.05, 3.63) is 54.1 Å². The minimum absolute atomic E-state index is 0.852. The number of rotatable bonds is 3. The van der Waals surface area contributed by atoms with Gasteiger partial charge in [0.05, 0.1) is 7.11 Å². The lowest BCUT2D eigenvalue weighted by Crippen LogP contribution is -1.90. The van der Waals surface area contributed by atoms with E-state index in [4.69, 9.17) is 4.74 Å². The molecule has 1 aromatic carbocycles. The fourth-order valence-electron chi connectivity index (χ4n) is 1.40. The average Bonchev–Trinajstić information content (AvgIpc) is 2.31. The van der Waals surface area contributed by atoms with E-state index in [1.807, 2.05) is 36.7 Å². The highest BCUT2D eigenvalue weighted by Crippen LogP contribution is 2.13. The van der Waals surface area contributed by atoms with Crippen LogP contribution in [0.2, 0.25) is 0 Å². The Hall–Kier alpha value is -1.90. The molecule has 0 aliphatic carbocycles. The molecule has 2 aromatic rings. The van der Waals surface area contributed by atoms with Crippen molar-refractivity contribution < 1.29 is 4.74 Å². The molecule has 3 heteroatoms. The van der Waals surface area contributed by atoms with E-state index in [2.05, 4.69) is 9.97 Å². The third kappa shape index (κ3) is 2.53. The van der Waals surface area contributed by atoms with Crippen LogP contribution in [0.15, 0.2) is 43.0 Å². The molecule has 0 radical (unpaired) electrons. The van der Waals surface area contributed by atoms with Gasteiger partial charge in [-0.1, -0.05) is 12.1 Å². The maximum atomic E-state index is 5.09. The molecule has 3 nitrogen and oxygen atoms in total.